The molecular weight excluding hydrogens is 148 g/mol. The first-order valence-corrected chi connectivity index (χ1v) is 4.50. The molecule has 0 heterocycles. The van der Waals surface area contributed by atoms with Crippen molar-refractivity contribution in [2.75, 3.05) is 13.1 Å². The lowest BCUT2D eigenvalue weighted by molar-refractivity contribution is 0.203. The van der Waals surface area contributed by atoms with E-state index in [1.54, 1.807) is 0 Å². The van der Waals surface area contributed by atoms with Gasteiger partial charge < -0.3 is 5.73 Å². The van der Waals surface area contributed by atoms with Crippen LogP contribution in [0.5, 0.6) is 0 Å². The lowest BCUT2D eigenvalue weighted by atomic mass is 10.1. The molecule has 0 spiro atoms. The number of hydrogen-bond donors (Lipinski definition) is 1. The predicted molar refractivity (Wildman–Crippen MR) is 55.2 cm³/mol. The molecule has 0 atom stereocenters. The molecule has 72 valence electrons. The highest BCUT2D eigenvalue weighted by Gasteiger charge is 2.17. The van der Waals surface area contributed by atoms with E-state index in [9.17, 15) is 0 Å². The molecule has 0 aromatic carbocycles. The van der Waals surface area contributed by atoms with Gasteiger partial charge in [-0.1, -0.05) is 6.08 Å². The van der Waals surface area contributed by atoms with Crippen molar-refractivity contribution in [1.82, 2.24) is 4.90 Å². The maximum absolute atomic E-state index is 5.93. The van der Waals surface area contributed by atoms with E-state index in [0.29, 0.717) is 6.04 Å². The van der Waals surface area contributed by atoms with Gasteiger partial charge >= 0.3 is 0 Å². The third-order valence-electron chi connectivity index (χ3n) is 1.70. The Hall–Kier alpha value is -0.340. The first kappa shape index (κ1) is 11.7. The van der Waals surface area contributed by atoms with Crippen LogP contribution < -0.4 is 5.73 Å². The van der Waals surface area contributed by atoms with Gasteiger partial charge in [-0.25, -0.2) is 0 Å². The monoisotopic (exact) mass is 170 g/mol. The Morgan fingerprint density at radius 3 is 2.25 bits per heavy atom. The van der Waals surface area contributed by atoms with Gasteiger partial charge in [-0.3, -0.25) is 4.90 Å². The van der Waals surface area contributed by atoms with Crippen LogP contribution in [0.1, 0.15) is 27.7 Å². The van der Waals surface area contributed by atoms with Gasteiger partial charge in [-0.05, 0) is 27.7 Å². The van der Waals surface area contributed by atoms with Crippen molar-refractivity contribution in [2.24, 2.45) is 5.73 Å². The Labute approximate surface area is 76.4 Å². The molecule has 0 aliphatic heterocycles. The number of hydrogen-bond acceptors (Lipinski definition) is 2. The zero-order valence-electron chi connectivity index (χ0n) is 8.80. The minimum Gasteiger partial charge on any atom is -0.324 e. The van der Waals surface area contributed by atoms with Crippen LogP contribution in [0.2, 0.25) is 0 Å². The molecule has 2 N–H and O–H groups in total. The summed E-state index contributed by atoms with van der Waals surface area (Å²) >= 11 is 0. The van der Waals surface area contributed by atoms with Gasteiger partial charge in [-0.15, -0.1) is 6.58 Å². The summed E-state index contributed by atoms with van der Waals surface area (Å²) in [6.07, 6.45) is 1.92. The van der Waals surface area contributed by atoms with Crippen LogP contribution in [0.4, 0.5) is 0 Å². The summed E-state index contributed by atoms with van der Waals surface area (Å²) in [7, 11) is 0. The second-order valence-corrected chi connectivity index (χ2v) is 4.30. The average Bonchev–Trinajstić information content (AvgIpc) is 1.83. The molecule has 0 aliphatic rings. The lowest BCUT2D eigenvalue weighted by Crippen LogP contribution is -2.47. The Kier molecular flexibility index (Phi) is 4.50. The van der Waals surface area contributed by atoms with E-state index < -0.39 is 0 Å². The van der Waals surface area contributed by atoms with Gasteiger partial charge in [0.1, 0.15) is 0 Å². The van der Waals surface area contributed by atoms with E-state index in [2.05, 4.69) is 25.3 Å². The van der Waals surface area contributed by atoms with Crippen LogP contribution in [-0.2, 0) is 0 Å². The molecule has 0 aliphatic carbocycles. The smallest absolute Gasteiger partial charge is 0.0226 e. The lowest BCUT2D eigenvalue weighted by Gasteiger charge is -2.31. The molecule has 2 heteroatoms. The molecule has 0 saturated heterocycles. The van der Waals surface area contributed by atoms with Crippen LogP contribution >= 0.6 is 0 Å². The molecule has 2 nitrogen and oxygen atoms in total. The van der Waals surface area contributed by atoms with Crippen LogP contribution in [0.25, 0.3) is 0 Å². The van der Waals surface area contributed by atoms with Crippen molar-refractivity contribution in [2.45, 2.75) is 39.3 Å². The molecule has 0 unspecified atom stereocenters. The third kappa shape index (κ3) is 5.33. The first-order valence-electron chi connectivity index (χ1n) is 4.50. The molecular formula is C10H22N2. The van der Waals surface area contributed by atoms with Gasteiger partial charge in [0.2, 0.25) is 0 Å². The van der Waals surface area contributed by atoms with Crippen LogP contribution in [-0.4, -0.2) is 29.6 Å². The van der Waals surface area contributed by atoms with E-state index in [0.717, 1.165) is 13.1 Å². The highest BCUT2D eigenvalue weighted by Crippen LogP contribution is 2.05. The molecule has 0 rings (SSSR count). The molecule has 12 heavy (non-hydrogen) atoms. The average molecular weight is 170 g/mol. The van der Waals surface area contributed by atoms with Crippen molar-refractivity contribution in [3.63, 3.8) is 0 Å². The largest absolute Gasteiger partial charge is 0.324 e. The topological polar surface area (TPSA) is 29.3 Å². The summed E-state index contributed by atoms with van der Waals surface area (Å²) in [6.45, 7) is 14.0. The van der Waals surface area contributed by atoms with Crippen molar-refractivity contribution in [3.8, 4) is 0 Å². The summed E-state index contributed by atoms with van der Waals surface area (Å²) in [6, 6.07) is 0.533. The fourth-order valence-corrected chi connectivity index (χ4v) is 1.15. The van der Waals surface area contributed by atoms with E-state index >= 15 is 0 Å². The second kappa shape index (κ2) is 4.63. The predicted octanol–water partition coefficient (Wildman–Crippen LogP) is 1.62. The highest BCUT2D eigenvalue weighted by molar-refractivity contribution is 4.83. The van der Waals surface area contributed by atoms with Crippen molar-refractivity contribution in [1.29, 1.82) is 0 Å². The molecule has 0 bridgehead atoms. The van der Waals surface area contributed by atoms with Crippen molar-refractivity contribution >= 4 is 0 Å². The Bertz CT molecular complexity index is 133. The fourth-order valence-electron chi connectivity index (χ4n) is 1.15. The van der Waals surface area contributed by atoms with Crippen molar-refractivity contribution < 1.29 is 0 Å². The SMILES string of the molecule is C=CCN(CC(C)(C)N)C(C)C. The molecule has 0 aromatic rings. The summed E-state index contributed by atoms with van der Waals surface area (Å²) in [5.74, 6) is 0. The summed E-state index contributed by atoms with van der Waals surface area (Å²) in [5, 5.41) is 0. The molecule has 0 amide bonds. The van der Waals surface area contributed by atoms with Gasteiger partial charge in [0, 0.05) is 24.7 Å². The first-order chi connectivity index (χ1) is 5.37. The number of nitrogens with zero attached hydrogens (tertiary/aromatic N) is 1. The molecule has 0 aromatic heterocycles. The zero-order valence-corrected chi connectivity index (χ0v) is 8.80. The van der Waals surface area contributed by atoms with E-state index in [-0.39, 0.29) is 5.54 Å². The van der Waals surface area contributed by atoms with E-state index in [1.807, 2.05) is 19.9 Å². The Morgan fingerprint density at radius 1 is 1.50 bits per heavy atom. The van der Waals surface area contributed by atoms with Crippen molar-refractivity contribution in [3.05, 3.63) is 12.7 Å². The molecule has 0 fully saturated rings. The fraction of sp³-hybridized carbons (Fsp3) is 0.800. The van der Waals surface area contributed by atoms with Crippen LogP contribution in [0, 0.1) is 0 Å². The third-order valence-corrected chi connectivity index (χ3v) is 1.70. The summed E-state index contributed by atoms with van der Waals surface area (Å²) < 4.78 is 0. The highest BCUT2D eigenvalue weighted by atomic mass is 15.2. The quantitative estimate of drug-likeness (QED) is 0.635. The number of nitrogens with two attached hydrogens (primary N) is 1. The van der Waals surface area contributed by atoms with Gasteiger partial charge in [0.25, 0.3) is 0 Å². The summed E-state index contributed by atoms with van der Waals surface area (Å²) in [4.78, 5) is 2.31. The zero-order chi connectivity index (χ0) is 9.78. The Balaban J connectivity index is 4.04. The minimum atomic E-state index is -0.118. The molecule has 0 radical (unpaired) electrons. The standard InChI is InChI=1S/C10H22N2/c1-6-7-12(9(2)3)8-10(4,5)11/h6,9H,1,7-8,11H2,2-5H3. The van der Waals surface area contributed by atoms with Gasteiger partial charge in [0.05, 0.1) is 0 Å². The normalized spacial score (nSPS) is 12.6. The maximum Gasteiger partial charge on any atom is 0.0226 e. The Morgan fingerprint density at radius 2 is 2.00 bits per heavy atom. The maximum atomic E-state index is 5.93. The van der Waals surface area contributed by atoms with Gasteiger partial charge in [0.15, 0.2) is 0 Å². The summed E-state index contributed by atoms with van der Waals surface area (Å²) in [5.41, 5.74) is 5.81. The minimum absolute atomic E-state index is 0.118. The van der Waals surface area contributed by atoms with E-state index in [4.69, 9.17) is 5.73 Å². The van der Waals surface area contributed by atoms with Crippen LogP contribution in [0.3, 0.4) is 0 Å². The van der Waals surface area contributed by atoms with Crippen LogP contribution in [0.15, 0.2) is 12.7 Å². The second-order valence-electron chi connectivity index (χ2n) is 4.30. The molecule has 0 saturated carbocycles. The van der Waals surface area contributed by atoms with E-state index in [1.165, 1.54) is 0 Å². The van der Waals surface area contributed by atoms with Gasteiger partial charge in [-0.2, -0.15) is 0 Å². The number of rotatable bonds is 5.